The van der Waals surface area contributed by atoms with E-state index in [-0.39, 0.29) is 0 Å². The van der Waals surface area contributed by atoms with Gasteiger partial charge in [0.15, 0.2) is 0 Å². The van der Waals surface area contributed by atoms with Crippen LogP contribution in [0.25, 0.3) is 0 Å². The monoisotopic (exact) mass is 169 g/mol. The first kappa shape index (κ1) is 8.54. The lowest BCUT2D eigenvalue weighted by Gasteiger charge is -2.04. The van der Waals surface area contributed by atoms with Crippen LogP contribution in [0.1, 0.15) is 23.9 Å². The summed E-state index contributed by atoms with van der Waals surface area (Å²) in [6.07, 6.45) is 0.945. The minimum atomic E-state index is 0.828. The second-order valence-corrected chi connectivity index (χ2v) is 3.07. The fourth-order valence-electron chi connectivity index (χ4n) is 0.940. The molecule has 0 spiro atoms. The van der Waals surface area contributed by atoms with Crippen molar-refractivity contribution < 1.29 is 0 Å². The molecule has 1 rings (SSSR count). The summed E-state index contributed by atoms with van der Waals surface area (Å²) < 4.78 is 0. The summed E-state index contributed by atoms with van der Waals surface area (Å²) in [4.78, 5) is 4.37. The zero-order valence-corrected chi connectivity index (χ0v) is 7.87. The Morgan fingerprint density at radius 2 is 2.09 bits per heavy atom. The highest BCUT2D eigenvalue weighted by atomic mass is 35.5. The molecule has 0 aliphatic carbocycles. The third-order valence-corrected chi connectivity index (χ3v) is 2.26. The molecule has 0 aliphatic rings. The molecule has 0 N–H and O–H groups in total. The van der Waals surface area contributed by atoms with Crippen LogP contribution in [-0.4, -0.2) is 4.98 Å². The minimum absolute atomic E-state index is 0.828. The molecule has 0 fully saturated rings. The largest absolute Gasteiger partial charge is 0.258 e. The van der Waals surface area contributed by atoms with E-state index in [2.05, 4.69) is 11.9 Å². The van der Waals surface area contributed by atoms with Gasteiger partial charge in [-0.1, -0.05) is 18.5 Å². The molecule has 0 radical (unpaired) electrons. The van der Waals surface area contributed by atoms with E-state index in [4.69, 9.17) is 11.6 Å². The van der Waals surface area contributed by atoms with Crippen LogP contribution < -0.4 is 0 Å². The van der Waals surface area contributed by atoms with Gasteiger partial charge in [0.25, 0.3) is 0 Å². The third kappa shape index (κ3) is 1.72. The van der Waals surface area contributed by atoms with Crippen molar-refractivity contribution in [3.63, 3.8) is 0 Å². The third-order valence-electron chi connectivity index (χ3n) is 1.87. The first-order valence-electron chi connectivity index (χ1n) is 3.77. The summed E-state index contributed by atoms with van der Waals surface area (Å²) in [6.45, 7) is 6.05. The van der Waals surface area contributed by atoms with Gasteiger partial charge in [-0.3, -0.25) is 4.98 Å². The second-order valence-electron chi connectivity index (χ2n) is 2.66. The van der Waals surface area contributed by atoms with E-state index >= 15 is 0 Å². The van der Waals surface area contributed by atoms with Gasteiger partial charge in [0.05, 0.1) is 0 Å². The molecule has 0 bridgehead atoms. The van der Waals surface area contributed by atoms with E-state index in [1.807, 2.05) is 19.9 Å². The average Bonchev–Trinajstić information content (AvgIpc) is 1.99. The van der Waals surface area contributed by atoms with Gasteiger partial charge in [-0.05, 0) is 31.9 Å². The lowest BCUT2D eigenvalue weighted by Crippen LogP contribution is -1.93. The predicted molar refractivity (Wildman–Crippen MR) is 48.1 cm³/mol. The van der Waals surface area contributed by atoms with E-state index in [1.54, 1.807) is 0 Å². The number of nitrogens with zero attached hydrogens (tertiary/aromatic N) is 1. The van der Waals surface area contributed by atoms with Crippen molar-refractivity contribution in [1.82, 2.24) is 4.98 Å². The number of halogens is 1. The lowest BCUT2D eigenvalue weighted by atomic mass is 10.2. The van der Waals surface area contributed by atoms with Crippen LogP contribution in [0, 0.1) is 13.8 Å². The predicted octanol–water partition coefficient (Wildman–Crippen LogP) is 2.91. The van der Waals surface area contributed by atoms with Crippen LogP contribution in [0.5, 0.6) is 0 Å². The fraction of sp³-hybridized carbons (Fsp3) is 0.444. The highest BCUT2D eigenvalue weighted by Gasteiger charge is 2.01. The van der Waals surface area contributed by atoms with Crippen LogP contribution in [0.3, 0.4) is 0 Å². The maximum Gasteiger partial charge on any atom is 0.0471 e. The first-order valence-corrected chi connectivity index (χ1v) is 4.15. The van der Waals surface area contributed by atoms with Gasteiger partial charge in [-0.2, -0.15) is 0 Å². The fourth-order valence-corrected chi connectivity index (χ4v) is 1.20. The molecular weight excluding hydrogens is 158 g/mol. The zero-order valence-electron chi connectivity index (χ0n) is 7.11. The highest BCUT2D eigenvalue weighted by Crippen LogP contribution is 2.18. The van der Waals surface area contributed by atoms with E-state index in [1.165, 1.54) is 0 Å². The topological polar surface area (TPSA) is 12.9 Å². The summed E-state index contributed by atoms with van der Waals surface area (Å²) in [7, 11) is 0. The Morgan fingerprint density at radius 3 is 2.55 bits per heavy atom. The van der Waals surface area contributed by atoms with Crippen molar-refractivity contribution >= 4 is 11.6 Å². The summed E-state index contributed by atoms with van der Waals surface area (Å²) in [5.74, 6) is 0. The Balaban J connectivity index is 3.21. The van der Waals surface area contributed by atoms with Crippen molar-refractivity contribution in [3.8, 4) is 0 Å². The summed E-state index contributed by atoms with van der Waals surface area (Å²) in [5.41, 5.74) is 3.19. The molecular formula is C9H12ClN. The van der Waals surface area contributed by atoms with Crippen molar-refractivity contribution in [2.45, 2.75) is 27.2 Å². The van der Waals surface area contributed by atoms with Crippen LogP contribution in [-0.2, 0) is 6.42 Å². The standard InChI is InChI=1S/C9H12ClN/c1-4-8-5-9(10)6(2)7(3)11-8/h5H,4H2,1-3H3. The van der Waals surface area contributed by atoms with Crippen molar-refractivity contribution in [3.05, 3.63) is 28.0 Å². The van der Waals surface area contributed by atoms with Gasteiger partial charge in [0.2, 0.25) is 0 Å². The molecule has 1 aromatic heterocycles. The second kappa shape index (κ2) is 3.22. The molecule has 0 aromatic carbocycles. The molecule has 0 saturated heterocycles. The molecule has 0 unspecified atom stereocenters. The Hall–Kier alpha value is -0.560. The van der Waals surface area contributed by atoms with Crippen LogP contribution in [0.2, 0.25) is 5.02 Å². The highest BCUT2D eigenvalue weighted by molar-refractivity contribution is 6.31. The smallest absolute Gasteiger partial charge is 0.0471 e. The summed E-state index contributed by atoms with van der Waals surface area (Å²) in [5, 5.41) is 0.828. The molecule has 0 atom stereocenters. The van der Waals surface area contributed by atoms with E-state index in [0.717, 1.165) is 28.4 Å². The quantitative estimate of drug-likeness (QED) is 0.630. The number of aromatic nitrogens is 1. The molecule has 1 aromatic rings. The minimum Gasteiger partial charge on any atom is -0.258 e. The Bertz CT molecular complexity index is 245. The molecule has 0 amide bonds. The van der Waals surface area contributed by atoms with Crippen molar-refractivity contribution in [2.75, 3.05) is 0 Å². The molecule has 11 heavy (non-hydrogen) atoms. The van der Waals surface area contributed by atoms with Crippen molar-refractivity contribution in [2.24, 2.45) is 0 Å². The van der Waals surface area contributed by atoms with Crippen LogP contribution in [0.4, 0.5) is 0 Å². The SMILES string of the molecule is CCc1cc(Cl)c(C)c(C)n1. The van der Waals surface area contributed by atoms with Crippen LogP contribution >= 0.6 is 11.6 Å². The maximum absolute atomic E-state index is 5.96. The average molecular weight is 170 g/mol. The molecule has 0 saturated carbocycles. The Kier molecular flexibility index (Phi) is 2.50. The van der Waals surface area contributed by atoms with E-state index in [9.17, 15) is 0 Å². The van der Waals surface area contributed by atoms with Gasteiger partial charge in [-0.25, -0.2) is 0 Å². The number of rotatable bonds is 1. The molecule has 0 aliphatic heterocycles. The van der Waals surface area contributed by atoms with Gasteiger partial charge in [0.1, 0.15) is 0 Å². The Labute approximate surface area is 72.4 Å². The van der Waals surface area contributed by atoms with E-state index < -0.39 is 0 Å². The number of hydrogen-bond donors (Lipinski definition) is 0. The number of aryl methyl sites for hydroxylation is 2. The number of hydrogen-bond acceptors (Lipinski definition) is 1. The molecule has 60 valence electrons. The van der Waals surface area contributed by atoms with Crippen molar-refractivity contribution in [1.29, 1.82) is 0 Å². The van der Waals surface area contributed by atoms with Crippen LogP contribution in [0.15, 0.2) is 6.07 Å². The van der Waals surface area contributed by atoms with Gasteiger partial charge in [0, 0.05) is 16.4 Å². The first-order chi connectivity index (χ1) is 5.15. The Morgan fingerprint density at radius 1 is 1.45 bits per heavy atom. The van der Waals surface area contributed by atoms with Gasteiger partial charge in [-0.15, -0.1) is 0 Å². The van der Waals surface area contributed by atoms with Gasteiger partial charge >= 0.3 is 0 Å². The summed E-state index contributed by atoms with van der Waals surface area (Å²) >= 11 is 5.96. The zero-order chi connectivity index (χ0) is 8.43. The summed E-state index contributed by atoms with van der Waals surface area (Å²) in [6, 6.07) is 1.93. The van der Waals surface area contributed by atoms with Gasteiger partial charge < -0.3 is 0 Å². The maximum atomic E-state index is 5.96. The molecule has 1 nitrogen and oxygen atoms in total. The molecule has 1 heterocycles. The van der Waals surface area contributed by atoms with E-state index in [0.29, 0.717) is 0 Å². The lowest BCUT2D eigenvalue weighted by molar-refractivity contribution is 0.993. The normalized spacial score (nSPS) is 10.2. The molecule has 2 heteroatoms. The number of pyridine rings is 1.